The van der Waals surface area contributed by atoms with Gasteiger partial charge in [0.1, 0.15) is 5.76 Å². The number of furan rings is 1. The van der Waals surface area contributed by atoms with Gasteiger partial charge in [-0.05, 0) is 55.7 Å². The molecule has 1 aliphatic rings. The average Bonchev–Trinajstić information content (AvgIpc) is 3.26. The van der Waals surface area contributed by atoms with Gasteiger partial charge in [0.2, 0.25) is 5.91 Å². The second-order valence-electron chi connectivity index (χ2n) is 7.51. The number of carbonyl (C=O) groups excluding carboxylic acids is 2. The topological polar surface area (TPSA) is 74.6 Å². The van der Waals surface area contributed by atoms with E-state index >= 15 is 0 Å². The molecule has 1 aromatic heterocycles. The Morgan fingerprint density at radius 3 is 2.80 bits per heavy atom. The normalized spacial score (nSPS) is 12.9. The van der Waals surface area contributed by atoms with Crippen LogP contribution in [0, 0.1) is 6.92 Å². The van der Waals surface area contributed by atoms with Crippen molar-refractivity contribution in [2.24, 2.45) is 0 Å². The number of hydrogen-bond acceptors (Lipinski definition) is 4. The zero-order valence-electron chi connectivity index (χ0n) is 17.0. The van der Waals surface area contributed by atoms with Crippen LogP contribution in [-0.2, 0) is 17.8 Å². The monoisotopic (exact) mass is 403 g/mol. The van der Waals surface area contributed by atoms with Crippen LogP contribution in [0.15, 0.2) is 65.3 Å². The van der Waals surface area contributed by atoms with Gasteiger partial charge in [-0.3, -0.25) is 9.59 Å². The first-order valence-electron chi connectivity index (χ1n) is 10.1. The molecule has 2 amide bonds. The molecule has 0 atom stereocenters. The van der Waals surface area contributed by atoms with Gasteiger partial charge in [-0.1, -0.05) is 29.8 Å². The number of rotatable bonds is 6. The third-order valence-corrected chi connectivity index (χ3v) is 5.23. The van der Waals surface area contributed by atoms with Crippen LogP contribution in [0.3, 0.4) is 0 Å². The Hall–Kier alpha value is -3.54. The summed E-state index contributed by atoms with van der Waals surface area (Å²) >= 11 is 0. The van der Waals surface area contributed by atoms with Crippen molar-refractivity contribution in [2.75, 3.05) is 23.3 Å². The fourth-order valence-corrected chi connectivity index (χ4v) is 3.80. The standard InChI is InChI=1S/C24H25N3O3/c1-17-10-11-22-18(14-17)6-4-12-27(22)16-23(28)26-21-9-3-2-8-20(21)24(29)25-15-19-7-5-13-30-19/h2-3,5,7-11,13-14H,4,6,12,15-16H2,1H3,(H,25,29)(H,26,28). The zero-order valence-corrected chi connectivity index (χ0v) is 17.0. The number of fused-ring (bicyclic) bond motifs is 1. The van der Waals surface area contributed by atoms with Crippen molar-refractivity contribution in [3.63, 3.8) is 0 Å². The van der Waals surface area contributed by atoms with E-state index in [1.807, 2.05) is 0 Å². The lowest BCUT2D eigenvalue weighted by molar-refractivity contribution is -0.115. The molecule has 0 unspecified atom stereocenters. The summed E-state index contributed by atoms with van der Waals surface area (Å²) in [5.74, 6) is 0.264. The summed E-state index contributed by atoms with van der Waals surface area (Å²) in [6.07, 6.45) is 3.62. The first-order chi connectivity index (χ1) is 14.6. The van der Waals surface area contributed by atoms with Gasteiger partial charge in [-0.15, -0.1) is 0 Å². The molecule has 6 nitrogen and oxygen atoms in total. The molecule has 1 aliphatic heterocycles. The number of anilines is 2. The Balaban J connectivity index is 1.42. The predicted octanol–water partition coefficient (Wildman–Crippen LogP) is 3.91. The number of para-hydroxylation sites is 1. The molecule has 2 N–H and O–H groups in total. The van der Waals surface area contributed by atoms with Crippen LogP contribution >= 0.6 is 0 Å². The highest BCUT2D eigenvalue weighted by molar-refractivity contribution is 6.04. The summed E-state index contributed by atoms with van der Waals surface area (Å²) in [4.78, 5) is 27.5. The van der Waals surface area contributed by atoms with Gasteiger partial charge < -0.3 is 20.0 Å². The van der Waals surface area contributed by atoms with E-state index < -0.39 is 0 Å². The van der Waals surface area contributed by atoms with Gasteiger partial charge in [0, 0.05) is 12.2 Å². The van der Waals surface area contributed by atoms with Gasteiger partial charge in [0.25, 0.3) is 5.91 Å². The fraction of sp³-hybridized carbons (Fsp3) is 0.250. The third-order valence-electron chi connectivity index (χ3n) is 5.23. The number of hydrogen-bond donors (Lipinski definition) is 2. The summed E-state index contributed by atoms with van der Waals surface area (Å²) in [5.41, 5.74) is 4.56. The van der Waals surface area contributed by atoms with E-state index in [2.05, 4.69) is 40.7 Å². The van der Waals surface area contributed by atoms with Crippen LogP contribution in [0.2, 0.25) is 0 Å². The van der Waals surface area contributed by atoms with Gasteiger partial charge >= 0.3 is 0 Å². The van der Waals surface area contributed by atoms with Gasteiger partial charge in [-0.2, -0.15) is 0 Å². The number of benzene rings is 2. The van der Waals surface area contributed by atoms with E-state index in [0.29, 0.717) is 17.0 Å². The zero-order chi connectivity index (χ0) is 20.9. The van der Waals surface area contributed by atoms with Crippen molar-refractivity contribution < 1.29 is 14.0 Å². The molecular formula is C24H25N3O3. The largest absolute Gasteiger partial charge is 0.467 e. The Morgan fingerprint density at radius 1 is 1.10 bits per heavy atom. The van der Waals surface area contributed by atoms with Crippen LogP contribution in [-0.4, -0.2) is 24.9 Å². The first-order valence-corrected chi connectivity index (χ1v) is 10.1. The molecule has 0 radical (unpaired) electrons. The molecule has 2 aromatic carbocycles. The van der Waals surface area contributed by atoms with E-state index in [-0.39, 0.29) is 24.9 Å². The number of carbonyl (C=O) groups is 2. The van der Waals surface area contributed by atoms with Crippen LogP contribution < -0.4 is 15.5 Å². The highest BCUT2D eigenvalue weighted by atomic mass is 16.3. The molecule has 6 heteroatoms. The Bertz CT molecular complexity index is 1040. The molecular weight excluding hydrogens is 378 g/mol. The third kappa shape index (κ3) is 4.54. The maximum absolute atomic E-state index is 12.8. The minimum absolute atomic E-state index is 0.144. The van der Waals surface area contributed by atoms with E-state index in [4.69, 9.17) is 4.42 Å². The molecule has 0 aliphatic carbocycles. The van der Waals surface area contributed by atoms with Crippen LogP contribution in [0.25, 0.3) is 0 Å². The van der Waals surface area contributed by atoms with Crippen LogP contribution in [0.1, 0.15) is 33.7 Å². The average molecular weight is 403 g/mol. The van der Waals surface area contributed by atoms with Crippen LogP contribution in [0.5, 0.6) is 0 Å². The summed E-state index contributed by atoms with van der Waals surface area (Å²) < 4.78 is 5.25. The molecule has 0 saturated heterocycles. The molecule has 0 saturated carbocycles. The maximum Gasteiger partial charge on any atom is 0.253 e. The van der Waals surface area contributed by atoms with Crippen molar-refractivity contribution in [1.82, 2.24) is 5.32 Å². The number of aryl methyl sites for hydroxylation is 2. The fourth-order valence-electron chi connectivity index (χ4n) is 3.80. The molecule has 2 heterocycles. The smallest absolute Gasteiger partial charge is 0.253 e. The van der Waals surface area contributed by atoms with Crippen molar-refractivity contribution in [3.8, 4) is 0 Å². The Kier molecular flexibility index (Phi) is 5.84. The summed E-state index contributed by atoms with van der Waals surface area (Å²) in [7, 11) is 0. The molecule has 154 valence electrons. The lowest BCUT2D eigenvalue weighted by atomic mass is 9.99. The maximum atomic E-state index is 12.8. The van der Waals surface area contributed by atoms with Crippen molar-refractivity contribution in [2.45, 2.75) is 26.3 Å². The Morgan fingerprint density at radius 2 is 1.97 bits per heavy atom. The number of nitrogens with zero attached hydrogens (tertiary/aromatic N) is 1. The molecule has 0 spiro atoms. The molecule has 4 rings (SSSR count). The first kappa shape index (κ1) is 19.8. The quantitative estimate of drug-likeness (QED) is 0.654. The van der Waals surface area contributed by atoms with E-state index in [0.717, 1.165) is 25.1 Å². The van der Waals surface area contributed by atoms with E-state index in [1.165, 1.54) is 11.1 Å². The lowest BCUT2D eigenvalue weighted by Gasteiger charge is -2.31. The second kappa shape index (κ2) is 8.86. The van der Waals surface area contributed by atoms with Gasteiger partial charge in [0.15, 0.2) is 0 Å². The molecule has 3 aromatic rings. The van der Waals surface area contributed by atoms with E-state index in [1.54, 1.807) is 42.7 Å². The highest BCUT2D eigenvalue weighted by Crippen LogP contribution is 2.28. The Labute approximate surface area is 175 Å². The molecule has 30 heavy (non-hydrogen) atoms. The lowest BCUT2D eigenvalue weighted by Crippen LogP contribution is -2.37. The summed E-state index contributed by atoms with van der Waals surface area (Å²) in [5, 5.41) is 5.73. The van der Waals surface area contributed by atoms with Gasteiger partial charge in [-0.25, -0.2) is 0 Å². The minimum Gasteiger partial charge on any atom is -0.467 e. The van der Waals surface area contributed by atoms with Crippen molar-refractivity contribution in [3.05, 3.63) is 83.3 Å². The predicted molar refractivity (Wildman–Crippen MR) is 117 cm³/mol. The number of amides is 2. The molecule has 0 fully saturated rings. The van der Waals surface area contributed by atoms with E-state index in [9.17, 15) is 9.59 Å². The van der Waals surface area contributed by atoms with Crippen molar-refractivity contribution >= 4 is 23.2 Å². The minimum atomic E-state index is -0.263. The SMILES string of the molecule is Cc1ccc2c(c1)CCCN2CC(=O)Nc1ccccc1C(=O)NCc1ccco1. The summed E-state index contributed by atoms with van der Waals surface area (Å²) in [6.45, 7) is 3.46. The summed E-state index contributed by atoms with van der Waals surface area (Å²) in [6, 6.07) is 17.0. The second-order valence-corrected chi connectivity index (χ2v) is 7.51. The van der Waals surface area contributed by atoms with Gasteiger partial charge in [0.05, 0.1) is 30.6 Å². The highest BCUT2D eigenvalue weighted by Gasteiger charge is 2.20. The van der Waals surface area contributed by atoms with Crippen LogP contribution in [0.4, 0.5) is 11.4 Å². The molecule has 0 bridgehead atoms. The van der Waals surface area contributed by atoms with Crippen molar-refractivity contribution in [1.29, 1.82) is 0 Å². The number of nitrogens with one attached hydrogen (secondary N) is 2.